The Hall–Kier alpha value is -1.10. The van der Waals surface area contributed by atoms with E-state index < -0.39 is 0 Å². The third-order valence-electron chi connectivity index (χ3n) is 3.79. The van der Waals surface area contributed by atoms with Crippen LogP contribution in [-0.4, -0.2) is 53.8 Å². The van der Waals surface area contributed by atoms with E-state index in [-0.39, 0.29) is 29.7 Å². The van der Waals surface area contributed by atoms with Crippen LogP contribution in [0.3, 0.4) is 0 Å². The molecule has 0 bridgehead atoms. The van der Waals surface area contributed by atoms with Crippen molar-refractivity contribution in [2.75, 3.05) is 26.2 Å². The number of carbonyl (C=O) groups is 2. The summed E-state index contributed by atoms with van der Waals surface area (Å²) in [4.78, 5) is 27.9. The topological polar surface area (TPSA) is 66.6 Å². The maximum Gasteiger partial charge on any atom is 0.227 e. The highest BCUT2D eigenvalue weighted by atomic mass is 16.2. The van der Waals surface area contributed by atoms with Crippen LogP contribution in [-0.2, 0) is 9.59 Å². The van der Waals surface area contributed by atoms with Crippen molar-refractivity contribution in [1.29, 1.82) is 0 Å². The summed E-state index contributed by atoms with van der Waals surface area (Å²) in [6.07, 6.45) is 0.843. The van der Waals surface area contributed by atoms with Gasteiger partial charge in [-0.25, -0.2) is 0 Å². The second-order valence-corrected chi connectivity index (χ2v) is 5.81. The largest absolute Gasteiger partial charge is 0.341 e. The molecule has 0 saturated carbocycles. The smallest absolute Gasteiger partial charge is 0.227 e. The van der Waals surface area contributed by atoms with Gasteiger partial charge in [0.15, 0.2) is 0 Å². The van der Waals surface area contributed by atoms with Gasteiger partial charge < -0.3 is 15.5 Å². The SMILES string of the molecule is CC(C)C(=O)N1CCCN(C(=O)C(C)C(C)N)CC1. The van der Waals surface area contributed by atoms with Crippen LogP contribution in [0.1, 0.15) is 34.1 Å². The van der Waals surface area contributed by atoms with Gasteiger partial charge in [0.25, 0.3) is 0 Å². The lowest BCUT2D eigenvalue weighted by Gasteiger charge is -2.26. The molecule has 1 rings (SSSR count). The van der Waals surface area contributed by atoms with Gasteiger partial charge in [0.05, 0.1) is 5.92 Å². The van der Waals surface area contributed by atoms with Crippen LogP contribution in [0.25, 0.3) is 0 Å². The second kappa shape index (κ2) is 6.89. The van der Waals surface area contributed by atoms with E-state index in [1.807, 2.05) is 37.5 Å². The number of hydrogen-bond donors (Lipinski definition) is 1. The molecule has 0 aromatic carbocycles. The van der Waals surface area contributed by atoms with Gasteiger partial charge >= 0.3 is 0 Å². The maximum atomic E-state index is 12.2. The first-order valence-electron chi connectivity index (χ1n) is 7.17. The first kappa shape index (κ1) is 16.0. The fourth-order valence-corrected chi connectivity index (χ4v) is 2.24. The number of hydrogen-bond acceptors (Lipinski definition) is 3. The molecule has 0 aliphatic carbocycles. The average molecular weight is 269 g/mol. The van der Waals surface area contributed by atoms with Crippen molar-refractivity contribution >= 4 is 11.8 Å². The zero-order valence-corrected chi connectivity index (χ0v) is 12.6. The molecular formula is C14H27N3O2. The van der Waals surface area contributed by atoms with E-state index in [9.17, 15) is 9.59 Å². The number of carbonyl (C=O) groups excluding carboxylic acids is 2. The van der Waals surface area contributed by atoms with E-state index in [1.165, 1.54) is 0 Å². The minimum absolute atomic E-state index is 0.0187. The van der Waals surface area contributed by atoms with E-state index in [1.54, 1.807) is 0 Å². The number of nitrogens with two attached hydrogens (primary N) is 1. The summed E-state index contributed by atoms with van der Waals surface area (Å²) in [5, 5.41) is 0. The predicted octanol–water partition coefficient (Wildman–Crippen LogP) is 0.687. The summed E-state index contributed by atoms with van der Waals surface area (Å²) in [5.41, 5.74) is 5.79. The number of nitrogens with zero attached hydrogens (tertiary/aromatic N) is 2. The summed E-state index contributed by atoms with van der Waals surface area (Å²) in [6.45, 7) is 10.3. The maximum absolute atomic E-state index is 12.2. The molecule has 2 amide bonds. The van der Waals surface area contributed by atoms with Crippen LogP contribution in [0.2, 0.25) is 0 Å². The molecule has 0 radical (unpaired) electrons. The fraction of sp³-hybridized carbons (Fsp3) is 0.857. The van der Waals surface area contributed by atoms with Gasteiger partial charge in [-0.3, -0.25) is 9.59 Å². The van der Waals surface area contributed by atoms with Crippen molar-refractivity contribution in [3.05, 3.63) is 0 Å². The van der Waals surface area contributed by atoms with Crippen molar-refractivity contribution in [3.63, 3.8) is 0 Å². The zero-order valence-electron chi connectivity index (χ0n) is 12.6. The average Bonchev–Trinajstić information content (AvgIpc) is 2.61. The molecule has 2 unspecified atom stereocenters. The Balaban J connectivity index is 2.59. The quantitative estimate of drug-likeness (QED) is 0.819. The third-order valence-corrected chi connectivity index (χ3v) is 3.79. The molecule has 0 aromatic rings. The summed E-state index contributed by atoms with van der Waals surface area (Å²) in [6, 6.07) is -0.135. The lowest BCUT2D eigenvalue weighted by Crippen LogP contribution is -2.44. The zero-order chi connectivity index (χ0) is 14.6. The number of rotatable bonds is 3. The summed E-state index contributed by atoms with van der Waals surface area (Å²) in [7, 11) is 0. The van der Waals surface area contributed by atoms with E-state index in [0.717, 1.165) is 19.5 Å². The minimum atomic E-state index is -0.160. The van der Waals surface area contributed by atoms with E-state index in [2.05, 4.69) is 0 Å². The fourth-order valence-electron chi connectivity index (χ4n) is 2.24. The highest BCUT2D eigenvalue weighted by Gasteiger charge is 2.27. The molecule has 2 atom stereocenters. The molecule has 1 fully saturated rings. The summed E-state index contributed by atoms with van der Waals surface area (Å²) in [5.74, 6) is 0.140. The molecular weight excluding hydrogens is 242 g/mol. The highest BCUT2D eigenvalue weighted by molar-refractivity contribution is 5.80. The van der Waals surface area contributed by atoms with Crippen LogP contribution < -0.4 is 5.73 Å². The summed E-state index contributed by atoms with van der Waals surface area (Å²) >= 11 is 0. The van der Waals surface area contributed by atoms with E-state index in [4.69, 9.17) is 5.73 Å². The van der Waals surface area contributed by atoms with Crippen LogP contribution in [0.4, 0.5) is 0 Å². The van der Waals surface area contributed by atoms with Crippen LogP contribution in [0, 0.1) is 11.8 Å². The Morgan fingerprint density at radius 3 is 1.79 bits per heavy atom. The highest BCUT2D eigenvalue weighted by Crippen LogP contribution is 2.12. The first-order valence-corrected chi connectivity index (χ1v) is 7.17. The second-order valence-electron chi connectivity index (χ2n) is 5.81. The molecule has 0 spiro atoms. The molecule has 0 aromatic heterocycles. The van der Waals surface area contributed by atoms with Crippen LogP contribution >= 0.6 is 0 Å². The Kier molecular flexibility index (Phi) is 5.79. The predicted molar refractivity (Wildman–Crippen MR) is 75.4 cm³/mol. The monoisotopic (exact) mass is 269 g/mol. The van der Waals surface area contributed by atoms with Crippen molar-refractivity contribution < 1.29 is 9.59 Å². The molecule has 5 heteroatoms. The van der Waals surface area contributed by atoms with E-state index >= 15 is 0 Å². The van der Waals surface area contributed by atoms with Gasteiger partial charge in [0.2, 0.25) is 11.8 Å². The van der Waals surface area contributed by atoms with Gasteiger partial charge in [-0.15, -0.1) is 0 Å². The van der Waals surface area contributed by atoms with Crippen molar-refractivity contribution in [2.45, 2.75) is 40.2 Å². The molecule has 110 valence electrons. The third kappa shape index (κ3) is 4.20. The van der Waals surface area contributed by atoms with Crippen molar-refractivity contribution in [3.8, 4) is 0 Å². The Labute approximate surface area is 116 Å². The molecule has 1 saturated heterocycles. The lowest BCUT2D eigenvalue weighted by atomic mass is 10.0. The van der Waals surface area contributed by atoms with Crippen LogP contribution in [0.5, 0.6) is 0 Å². The molecule has 1 aliphatic rings. The van der Waals surface area contributed by atoms with Gasteiger partial charge in [-0.1, -0.05) is 20.8 Å². The number of amides is 2. The Morgan fingerprint density at radius 1 is 0.895 bits per heavy atom. The van der Waals surface area contributed by atoms with Gasteiger partial charge in [-0.05, 0) is 13.3 Å². The lowest BCUT2D eigenvalue weighted by molar-refractivity contribution is -0.137. The van der Waals surface area contributed by atoms with Gasteiger partial charge in [-0.2, -0.15) is 0 Å². The molecule has 1 heterocycles. The summed E-state index contributed by atoms with van der Waals surface area (Å²) < 4.78 is 0. The van der Waals surface area contributed by atoms with Crippen LogP contribution in [0.15, 0.2) is 0 Å². The normalized spacial score (nSPS) is 20.1. The van der Waals surface area contributed by atoms with Gasteiger partial charge in [0.1, 0.15) is 0 Å². The Morgan fingerprint density at radius 2 is 1.37 bits per heavy atom. The molecule has 2 N–H and O–H groups in total. The van der Waals surface area contributed by atoms with Crippen molar-refractivity contribution in [1.82, 2.24) is 9.80 Å². The molecule has 19 heavy (non-hydrogen) atoms. The van der Waals surface area contributed by atoms with Gasteiger partial charge in [0, 0.05) is 38.1 Å². The van der Waals surface area contributed by atoms with Crippen molar-refractivity contribution in [2.24, 2.45) is 17.6 Å². The first-order chi connectivity index (χ1) is 8.84. The van der Waals surface area contributed by atoms with E-state index in [0.29, 0.717) is 13.1 Å². The standard InChI is InChI=1S/C14H27N3O2/c1-10(2)13(18)16-6-5-7-17(9-8-16)14(19)11(3)12(4)15/h10-12H,5-9,15H2,1-4H3. The molecule has 5 nitrogen and oxygen atoms in total. The molecule has 1 aliphatic heterocycles. The minimum Gasteiger partial charge on any atom is -0.341 e. The Bertz CT molecular complexity index is 329.